The number of hydrogen-bond donors (Lipinski definition) is 2. The van der Waals surface area contributed by atoms with Gasteiger partial charge in [0.25, 0.3) is 0 Å². The largest absolute Gasteiger partial charge is 0.373 e. The number of anilines is 1. The summed E-state index contributed by atoms with van der Waals surface area (Å²) in [7, 11) is -2.84. The van der Waals surface area contributed by atoms with E-state index in [0.29, 0.717) is 10.1 Å². The van der Waals surface area contributed by atoms with Crippen LogP contribution in [0, 0.1) is 0 Å². The molecule has 0 saturated carbocycles. The molecule has 0 heterocycles. The Morgan fingerprint density at radius 1 is 1.31 bits per heavy atom. The molecule has 0 aromatic heterocycles. The van der Waals surface area contributed by atoms with E-state index in [1.807, 2.05) is 0 Å². The Balaban J connectivity index is 3.06. The van der Waals surface area contributed by atoms with Crippen molar-refractivity contribution in [2.75, 3.05) is 11.5 Å². The van der Waals surface area contributed by atoms with Crippen molar-refractivity contribution in [3.8, 4) is 0 Å². The maximum absolute atomic E-state index is 10.8. The summed E-state index contributed by atoms with van der Waals surface area (Å²) in [5, 5.41) is 0. The first-order valence-corrected chi connectivity index (χ1v) is 4.95. The van der Waals surface area contributed by atoms with Crippen molar-refractivity contribution in [3.05, 3.63) is 30.3 Å². The van der Waals surface area contributed by atoms with Gasteiger partial charge in [-0.2, -0.15) is 12.8 Å². The molecule has 0 aliphatic rings. The van der Waals surface area contributed by atoms with E-state index in [1.165, 1.54) is 7.05 Å². The molecule has 0 unspecified atom stereocenters. The predicted octanol–water partition coefficient (Wildman–Crippen LogP) is 0.430. The van der Waals surface area contributed by atoms with Gasteiger partial charge in [0.05, 0.1) is 5.69 Å². The highest BCUT2D eigenvalue weighted by atomic mass is 32.2. The molecule has 0 amide bonds. The number of hydrazine groups is 1. The number of hydrogen-bond acceptors (Lipinski definition) is 3. The SMILES string of the molecule is CNN(c1ccccc1)S(=O)(=O)O. The quantitative estimate of drug-likeness (QED) is 0.551. The molecule has 6 heteroatoms. The van der Waals surface area contributed by atoms with Crippen molar-refractivity contribution in [2.45, 2.75) is 0 Å². The van der Waals surface area contributed by atoms with Crippen molar-refractivity contribution >= 4 is 16.0 Å². The van der Waals surface area contributed by atoms with Gasteiger partial charge in [-0.05, 0) is 12.1 Å². The minimum Gasteiger partial charge on any atom is -0.268 e. The summed E-state index contributed by atoms with van der Waals surface area (Å²) in [6.45, 7) is 0. The van der Waals surface area contributed by atoms with Crippen molar-refractivity contribution in [3.63, 3.8) is 0 Å². The van der Waals surface area contributed by atoms with Gasteiger partial charge < -0.3 is 0 Å². The zero-order chi connectivity index (χ0) is 9.90. The highest BCUT2D eigenvalue weighted by Crippen LogP contribution is 2.12. The third-order valence-corrected chi connectivity index (χ3v) is 2.28. The maximum atomic E-state index is 10.8. The molecule has 0 radical (unpaired) electrons. The summed E-state index contributed by atoms with van der Waals surface area (Å²) in [5.74, 6) is 0. The summed E-state index contributed by atoms with van der Waals surface area (Å²) >= 11 is 0. The van der Waals surface area contributed by atoms with Crippen LogP contribution in [0.5, 0.6) is 0 Å². The molecule has 1 rings (SSSR count). The minimum absolute atomic E-state index is 0.354. The normalized spacial score (nSPS) is 11.2. The smallest absolute Gasteiger partial charge is 0.268 e. The van der Waals surface area contributed by atoms with E-state index < -0.39 is 10.3 Å². The molecule has 1 aromatic carbocycles. The molecule has 0 fully saturated rings. The van der Waals surface area contributed by atoms with Gasteiger partial charge in [0.1, 0.15) is 0 Å². The lowest BCUT2D eigenvalue weighted by Crippen LogP contribution is -2.40. The van der Waals surface area contributed by atoms with Crippen LogP contribution >= 0.6 is 0 Å². The van der Waals surface area contributed by atoms with Crippen LogP contribution in [-0.4, -0.2) is 20.0 Å². The number of nitrogens with one attached hydrogen (secondary N) is 1. The van der Waals surface area contributed by atoms with Crippen molar-refractivity contribution in [1.29, 1.82) is 0 Å². The second-order valence-electron chi connectivity index (χ2n) is 2.30. The first-order chi connectivity index (χ1) is 6.05. The molecule has 1 aromatic rings. The first kappa shape index (κ1) is 9.97. The van der Waals surface area contributed by atoms with Crippen LogP contribution in [0.2, 0.25) is 0 Å². The Labute approximate surface area is 76.8 Å². The Kier molecular flexibility index (Phi) is 2.86. The van der Waals surface area contributed by atoms with Gasteiger partial charge in [0, 0.05) is 7.05 Å². The molecule has 72 valence electrons. The lowest BCUT2D eigenvalue weighted by molar-refractivity contribution is 0.472. The molecular weight excluding hydrogens is 192 g/mol. The minimum atomic E-state index is -4.25. The average molecular weight is 202 g/mol. The number of benzene rings is 1. The van der Waals surface area contributed by atoms with Crippen LogP contribution in [0.15, 0.2) is 30.3 Å². The van der Waals surface area contributed by atoms with Crippen LogP contribution < -0.4 is 9.84 Å². The van der Waals surface area contributed by atoms with Gasteiger partial charge >= 0.3 is 10.3 Å². The van der Waals surface area contributed by atoms with E-state index in [4.69, 9.17) is 4.55 Å². The molecule has 0 atom stereocenters. The van der Waals surface area contributed by atoms with E-state index in [1.54, 1.807) is 30.3 Å². The van der Waals surface area contributed by atoms with E-state index in [0.717, 1.165) is 0 Å². The van der Waals surface area contributed by atoms with E-state index in [2.05, 4.69) is 5.43 Å². The van der Waals surface area contributed by atoms with Crippen LogP contribution in [0.4, 0.5) is 5.69 Å². The van der Waals surface area contributed by atoms with Crippen molar-refractivity contribution in [2.24, 2.45) is 0 Å². The van der Waals surface area contributed by atoms with E-state index >= 15 is 0 Å². The van der Waals surface area contributed by atoms with Gasteiger partial charge in [-0.1, -0.05) is 18.2 Å². The van der Waals surface area contributed by atoms with Gasteiger partial charge in [-0.15, -0.1) is 0 Å². The number of rotatable bonds is 3. The lowest BCUT2D eigenvalue weighted by Gasteiger charge is -2.18. The second-order valence-corrected chi connectivity index (χ2v) is 3.56. The standard InChI is InChI=1S/C7H10N2O3S/c1-8-9(13(10,11)12)7-5-3-2-4-6-7/h2-6,8H,1H3,(H,10,11,12). The van der Waals surface area contributed by atoms with Crippen molar-refractivity contribution < 1.29 is 13.0 Å². The Morgan fingerprint density at radius 3 is 2.23 bits per heavy atom. The number of nitrogens with zero attached hydrogens (tertiary/aromatic N) is 1. The molecule has 2 N–H and O–H groups in total. The van der Waals surface area contributed by atoms with Crippen LogP contribution in [-0.2, 0) is 10.3 Å². The van der Waals surface area contributed by atoms with Crippen LogP contribution in [0.1, 0.15) is 0 Å². The molecule has 0 aliphatic heterocycles. The highest BCUT2D eigenvalue weighted by Gasteiger charge is 2.16. The molecule has 13 heavy (non-hydrogen) atoms. The van der Waals surface area contributed by atoms with E-state index in [9.17, 15) is 8.42 Å². The zero-order valence-corrected chi connectivity index (χ0v) is 7.82. The van der Waals surface area contributed by atoms with Crippen LogP contribution in [0.25, 0.3) is 0 Å². The Hall–Kier alpha value is -1.11. The summed E-state index contributed by atoms with van der Waals surface area (Å²) in [5.41, 5.74) is 2.71. The molecule has 0 aliphatic carbocycles. The van der Waals surface area contributed by atoms with Gasteiger partial charge in [-0.25, -0.2) is 5.43 Å². The topological polar surface area (TPSA) is 69.6 Å². The highest BCUT2D eigenvalue weighted by molar-refractivity contribution is 7.87. The maximum Gasteiger partial charge on any atom is 0.373 e. The fourth-order valence-corrected chi connectivity index (χ4v) is 1.56. The summed E-state index contributed by atoms with van der Waals surface area (Å²) in [6.07, 6.45) is 0. The zero-order valence-electron chi connectivity index (χ0n) is 7.01. The number of para-hydroxylation sites is 1. The fraction of sp³-hybridized carbons (Fsp3) is 0.143. The summed E-state index contributed by atoms with van der Waals surface area (Å²) in [4.78, 5) is 0. The third kappa shape index (κ3) is 2.41. The molecule has 5 nitrogen and oxygen atoms in total. The summed E-state index contributed by atoms with van der Waals surface area (Å²) in [6, 6.07) is 8.21. The van der Waals surface area contributed by atoms with Gasteiger partial charge in [0.2, 0.25) is 0 Å². The lowest BCUT2D eigenvalue weighted by atomic mass is 10.3. The van der Waals surface area contributed by atoms with Gasteiger partial charge in [-0.3, -0.25) is 4.55 Å². The third-order valence-electron chi connectivity index (χ3n) is 1.42. The first-order valence-electron chi connectivity index (χ1n) is 3.56. The molecule has 0 saturated heterocycles. The molecule has 0 spiro atoms. The molecule has 0 bridgehead atoms. The van der Waals surface area contributed by atoms with Gasteiger partial charge in [0.15, 0.2) is 0 Å². The fourth-order valence-electron chi connectivity index (χ4n) is 0.941. The summed E-state index contributed by atoms with van der Waals surface area (Å²) < 4.78 is 31.0. The average Bonchev–Trinajstić information content (AvgIpc) is 2.05. The second kappa shape index (κ2) is 3.73. The molecular formula is C7H10N2O3S. The monoisotopic (exact) mass is 202 g/mol. The Bertz CT molecular complexity index is 363. The van der Waals surface area contributed by atoms with Crippen molar-refractivity contribution in [1.82, 2.24) is 5.43 Å². The predicted molar refractivity (Wildman–Crippen MR) is 49.5 cm³/mol. The van der Waals surface area contributed by atoms with Crippen LogP contribution in [0.3, 0.4) is 0 Å². The Morgan fingerprint density at radius 2 is 1.85 bits per heavy atom. The van der Waals surface area contributed by atoms with E-state index in [-0.39, 0.29) is 0 Å².